The lowest BCUT2D eigenvalue weighted by molar-refractivity contribution is 0.112. The number of carbonyl (C=O) groups is 1. The number of halogens is 1. The summed E-state index contributed by atoms with van der Waals surface area (Å²) in [5.41, 5.74) is 0.285. The standard InChI is InChI=1S/C11H13ClN6O/c1-8-15-10(12)9(7-19)11(16-8)13-3-2-5-18-6-4-14-17-18/h4,6-7H,2-3,5H2,1H3,(H,13,15,16). The van der Waals surface area contributed by atoms with Gasteiger partial charge in [-0.15, -0.1) is 5.10 Å². The van der Waals surface area contributed by atoms with E-state index in [1.165, 1.54) is 0 Å². The summed E-state index contributed by atoms with van der Waals surface area (Å²) in [5.74, 6) is 0.987. The first kappa shape index (κ1) is 13.4. The van der Waals surface area contributed by atoms with Gasteiger partial charge in [-0.25, -0.2) is 9.97 Å². The summed E-state index contributed by atoms with van der Waals surface area (Å²) >= 11 is 5.88. The topological polar surface area (TPSA) is 85.6 Å². The van der Waals surface area contributed by atoms with Crippen LogP contribution in [0.15, 0.2) is 12.4 Å². The van der Waals surface area contributed by atoms with Gasteiger partial charge in [-0.2, -0.15) is 0 Å². The van der Waals surface area contributed by atoms with Crippen LogP contribution < -0.4 is 5.32 Å². The lowest BCUT2D eigenvalue weighted by atomic mass is 10.3. The average Bonchev–Trinajstić information content (AvgIpc) is 2.87. The largest absolute Gasteiger partial charge is 0.369 e. The van der Waals surface area contributed by atoms with E-state index in [0.29, 0.717) is 24.5 Å². The third-order valence-electron chi connectivity index (χ3n) is 2.46. The number of aldehydes is 1. The fourth-order valence-electron chi connectivity index (χ4n) is 1.59. The molecule has 2 heterocycles. The van der Waals surface area contributed by atoms with Crippen LogP contribution in [0.2, 0.25) is 5.15 Å². The molecule has 0 fully saturated rings. The second kappa shape index (κ2) is 6.24. The molecule has 0 amide bonds. The highest BCUT2D eigenvalue weighted by Crippen LogP contribution is 2.18. The zero-order chi connectivity index (χ0) is 13.7. The maximum atomic E-state index is 11.0. The minimum absolute atomic E-state index is 0.168. The molecular formula is C11H13ClN6O. The quantitative estimate of drug-likeness (QED) is 0.488. The van der Waals surface area contributed by atoms with Crippen molar-refractivity contribution < 1.29 is 4.79 Å². The summed E-state index contributed by atoms with van der Waals surface area (Å²) in [4.78, 5) is 19.1. The molecule has 0 aliphatic carbocycles. The van der Waals surface area contributed by atoms with E-state index in [2.05, 4.69) is 25.6 Å². The van der Waals surface area contributed by atoms with Crippen LogP contribution in [0.25, 0.3) is 0 Å². The van der Waals surface area contributed by atoms with Gasteiger partial charge in [0, 0.05) is 19.3 Å². The second-order valence-corrected chi connectivity index (χ2v) is 4.25. The Labute approximate surface area is 115 Å². The maximum absolute atomic E-state index is 11.0. The van der Waals surface area contributed by atoms with E-state index in [0.717, 1.165) is 13.0 Å². The molecule has 2 aromatic rings. The predicted octanol–water partition coefficient (Wildman–Crippen LogP) is 1.34. The summed E-state index contributed by atoms with van der Waals surface area (Å²) < 4.78 is 1.74. The molecule has 0 atom stereocenters. The van der Waals surface area contributed by atoms with Crippen molar-refractivity contribution in [1.29, 1.82) is 0 Å². The molecule has 2 aromatic heterocycles. The van der Waals surface area contributed by atoms with Crippen molar-refractivity contribution in [2.75, 3.05) is 11.9 Å². The van der Waals surface area contributed by atoms with Gasteiger partial charge in [-0.05, 0) is 13.3 Å². The van der Waals surface area contributed by atoms with E-state index in [-0.39, 0.29) is 10.7 Å². The van der Waals surface area contributed by atoms with E-state index in [1.807, 2.05) is 0 Å². The van der Waals surface area contributed by atoms with E-state index in [4.69, 9.17) is 11.6 Å². The molecule has 0 aliphatic rings. The second-order valence-electron chi connectivity index (χ2n) is 3.89. The Morgan fingerprint density at radius 2 is 2.32 bits per heavy atom. The molecule has 0 saturated carbocycles. The van der Waals surface area contributed by atoms with Crippen molar-refractivity contribution in [1.82, 2.24) is 25.0 Å². The van der Waals surface area contributed by atoms with Crippen molar-refractivity contribution in [3.63, 3.8) is 0 Å². The molecule has 0 radical (unpaired) electrons. The van der Waals surface area contributed by atoms with Gasteiger partial charge in [0.1, 0.15) is 16.8 Å². The normalized spacial score (nSPS) is 10.4. The van der Waals surface area contributed by atoms with Gasteiger partial charge in [0.25, 0.3) is 0 Å². The molecule has 0 spiro atoms. The van der Waals surface area contributed by atoms with E-state index < -0.39 is 0 Å². The Bertz CT molecular complexity index is 557. The molecule has 100 valence electrons. The molecule has 19 heavy (non-hydrogen) atoms. The SMILES string of the molecule is Cc1nc(Cl)c(C=O)c(NCCCn2ccnn2)n1. The van der Waals surface area contributed by atoms with E-state index in [9.17, 15) is 4.79 Å². The Hall–Kier alpha value is -2.02. The van der Waals surface area contributed by atoms with Crippen LogP contribution in [-0.2, 0) is 6.54 Å². The van der Waals surface area contributed by atoms with Gasteiger partial charge >= 0.3 is 0 Å². The number of aromatic nitrogens is 5. The van der Waals surface area contributed by atoms with Gasteiger partial charge in [-0.1, -0.05) is 16.8 Å². The lowest BCUT2D eigenvalue weighted by Gasteiger charge is -2.09. The van der Waals surface area contributed by atoms with Crippen molar-refractivity contribution in [3.8, 4) is 0 Å². The van der Waals surface area contributed by atoms with Crippen molar-refractivity contribution in [2.24, 2.45) is 0 Å². The summed E-state index contributed by atoms with van der Waals surface area (Å²) in [6.45, 7) is 3.11. The van der Waals surface area contributed by atoms with E-state index in [1.54, 1.807) is 24.0 Å². The molecule has 0 aromatic carbocycles. The van der Waals surface area contributed by atoms with Gasteiger partial charge < -0.3 is 5.32 Å². The minimum atomic E-state index is 0.168. The summed E-state index contributed by atoms with van der Waals surface area (Å²) in [5, 5.41) is 10.8. The third kappa shape index (κ3) is 3.47. The molecule has 0 saturated heterocycles. The Morgan fingerprint density at radius 3 is 3.00 bits per heavy atom. The summed E-state index contributed by atoms with van der Waals surface area (Å²) in [6, 6.07) is 0. The van der Waals surface area contributed by atoms with Crippen molar-refractivity contribution >= 4 is 23.7 Å². The molecule has 8 heteroatoms. The summed E-state index contributed by atoms with van der Waals surface area (Å²) in [6.07, 6.45) is 4.90. The number of rotatable bonds is 6. The third-order valence-corrected chi connectivity index (χ3v) is 2.75. The van der Waals surface area contributed by atoms with Gasteiger partial charge in [0.2, 0.25) is 0 Å². The van der Waals surface area contributed by atoms with Crippen LogP contribution in [0.1, 0.15) is 22.6 Å². The van der Waals surface area contributed by atoms with Crippen LogP contribution in [0.5, 0.6) is 0 Å². The fourth-order valence-corrected chi connectivity index (χ4v) is 1.84. The number of carbonyl (C=O) groups excluding carboxylic acids is 1. The molecule has 0 aliphatic heterocycles. The van der Waals surface area contributed by atoms with Gasteiger partial charge in [-0.3, -0.25) is 9.48 Å². The molecule has 0 bridgehead atoms. The first-order chi connectivity index (χ1) is 9.20. The first-order valence-corrected chi connectivity index (χ1v) is 6.16. The number of hydrogen-bond donors (Lipinski definition) is 1. The molecular weight excluding hydrogens is 268 g/mol. The van der Waals surface area contributed by atoms with E-state index >= 15 is 0 Å². The highest BCUT2D eigenvalue weighted by Gasteiger charge is 2.10. The molecule has 0 unspecified atom stereocenters. The van der Waals surface area contributed by atoms with Gasteiger partial charge in [0.15, 0.2) is 6.29 Å². The fraction of sp³-hybridized carbons (Fsp3) is 0.364. The number of anilines is 1. The number of hydrogen-bond acceptors (Lipinski definition) is 6. The lowest BCUT2D eigenvalue weighted by Crippen LogP contribution is -2.11. The Morgan fingerprint density at radius 1 is 1.47 bits per heavy atom. The van der Waals surface area contributed by atoms with Crippen LogP contribution >= 0.6 is 11.6 Å². The van der Waals surface area contributed by atoms with Crippen LogP contribution in [0, 0.1) is 6.92 Å². The highest BCUT2D eigenvalue weighted by molar-refractivity contribution is 6.32. The maximum Gasteiger partial charge on any atom is 0.156 e. The minimum Gasteiger partial charge on any atom is -0.369 e. The summed E-state index contributed by atoms with van der Waals surface area (Å²) in [7, 11) is 0. The van der Waals surface area contributed by atoms with Gasteiger partial charge in [0.05, 0.1) is 11.8 Å². The number of aryl methyl sites for hydroxylation is 2. The van der Waals surface area contributed by atoms with Crippen molar-refractivity contribution in [2.45, 2.75) is 19.9 Å². The average molecular weight is 281 g/mol. The van der Waals surface area contributed by atoms with Crippen molar-refractivity contribution in [3.05, 3.63) is 28.9 Å². The van der Waals surface area contributed by atoms with Crippen LogP contribution in [0.4, 0.5) is 5.82 Å². The van der Waals surface area contributed by atoms with Crippen LogP contribution in [-0.4, -0.2) is 37.8 Å². The first-order valence-electron chi connectivity index (χ1n) is 5.78. The highest BCUT2D eigenvalue weighted by atomic mass is 35.5. The Kier molecular flexibility index (Phi) is 4.40. The Balaban J connectivity index is 1.93. The van der Waals surface area contributed by atoms with Crippen LogP contribution in [0.3, 0.4) is 0 Å². The molecule has 1 N–H and O–H groups in total. The smallest absolute Gasteiger partial charge is 0.156 e. The molecule has 2 rings (SSSR count). The monoisotopic (exact) mass is 280 g/mol. The zero-order valence-electron chi connectivity index (χ0n) is 10.4. The number of nitrogens with one attached hydrogen (secondary N) is 1. The predicted molar refractivity (Wildman–Crippen MR) is 70.3 cm³/mol. The number of nitrogens with zero attached hydrogens (tertiary/aromatic N) is 5. The zero-order valence-corrected chi connectivity index (χ0v) is 11.1. The molecule has 7 nitrogen and oxygen atoms in total.